The third kappa shape index (κ3) is 3.71. The zero-order valence-electron chi connectivity index (χ0n) is 13.6. The minimum atomic E-state index is -0.0953. The van der Waals surface area contributed by atoms with E-state index in [0.717, 1.165) is 18.4 Å². The molecule has 1 aliphatic heterocycles. The first kappa shape index (κ1) is 16.6. The molecule has 0 atom stereocenters. The van der Waals surface area contributed by atoms with Crippen LogP contribution >= 0.6 is 0 Å². The van der Waals surface area contributed by atoms with Crippen LogP contribution in [-0.4, -0.2) is 30.8 Å². The number of aliphatic hydroxyl groups is 1. The monoisotopic (exact) mass is 307 g/mol. The molecule has 0 aliphatic carbocycles. The number of benzene rings is 1. The van der Waals surface area contributed by atoms with Crippen LogP contribution < -0.4 is 14.4 Å². The number of amides is 1. The van der Waals surface area contributed by atoms with E-state index in [1.165, 1.54) is 0 Å². The topological polar surface area (TPSA) is 59.0 Å². The molecule has 0 aromatic heterocycles. The Kier molecular flexibility index (Phi) is 5.66. The van der Waals surface area contributed by atoms with Crippen molar-refractivity contribution in [3.05, 3.63) is 17.7 Å². The Balaban J connectivity index is 2.36. The second kappa shape index (κ2) is 7.49. The summed E-state index contributed by atoms with van der Waals surface area (Å²) in [5.74, 6) is 1.67. The zero-order chi connectivity index (χ0) is 16.1. The Hall–Kier alpha value is -1.75. The van der Waals surface area contributed by atoms with Crippen LogP contribution in [0.5, 0.6) is 11.5 Å². The molecule has 1 aromatic carbocycles. The van der Waals surface area contributed by atoms with Gasteiger partial charge in [-0.15, -0.1) is 0 Å². The molecule has 0 radical (unpaired) electrons. The van der Waals surface area contributed by atoms with Crippen molar-refractivity contribution in [3.8, 4) is 11.5 Å². The molecule has 122 valence electrons. The lowest BCUT2D eigenvalue weighted by Crippen LogP contribution is -2.40. The van der Waals surface area contributed by atoms with Gasteiger partial charge in [0.1, 0.15) is 0 Å². The van der Waals surface area contributed by atoms with Crippen molar-refractivity contribution in [1.82, 2.24) is 0 Å². The molecule has 1 aliphatic rings. The number of carbonyl (C=O) groups excluding carboxylic acids is 1. The van der Waals surface area contributed by atoms with Crippen molar-refractivity contribution in [2.24, 2.45) is 5.92 Å². The highest BCUT2D eigenvalue weighted by Gasteiger charge is 2.28. The average molecular weight is 307 g/mol. The quantitative estimate of drug-likeness (QED) is 0.841. The minimum Gasteiger partial charge on any atom is -0.490 e. The van der Waals surface area contributed by atoms with E-state index in [0.29, 0.717) is 36.3 Å². The van der Waals surface area contributed by atoms with Crippen LogP contribution in [-0.2, 0) is 11.4 Å². The predicted octanol–water partition coefficient (Wildman–Crippen LogP) is 2.74. The molecule has 0 bridgehead atoms. The number of aliphatic hydroxyl groups excluding tert-OH is 1. The summed E-state index contributed by atoms with van der Waals surface area (Å²) in [7, 11) is 0. The minimum absolute atomic E-state index is 0.0338. The number of hydrogen-bond donors (Lipinski definition) is 1. The fourth-order valence-electron chi connectivity index (χ4n) is 2.38. The zero-order valence-corrected chi connectivity index (χ0v) is 13.6. The lowest BCUT2D eigenvalue weighted by atomic mass is 10.1. The van der Waals surface area contributed by atoms with E-state index in [2.05, 4.69) is 13.8 Å². The van der Waals surface area contributed by atoms with Crippen LogP contribution in [0.4, 0.5) is 5.69 Å². The van der Waals surface area contributed by atoms with E-state index in [4.69, 9.17) is 9.47 Å². The molecule has 5 heteroatoms. The first-order chi connectivity index (χ1) is 10.6. The Morgan fingerprint density at radius 2 is 2.18 bits per heavy atom. The van der Waals surface area contributed by atoms with Crippen LogP contribution in [0.25, 0.3) is 0 Å². The second-order valence-electron chi connectivity index (χ2n) is 5.97. The molecule has 0 spiro atoms. The molecule has 1 N–H and O–H groups in total. The number of fused-ring (bicyclic) bond motifs is 1. The number of ether oxygens (including phenoxy) is 2. The van der Waals surface area contributed by atoms with Crippen LogP contribution in [0.2, 0.25) is 0 Å². The van der Waals surface area contributed by atoms with E-state index in [-0.39, 0.29) is 19.1 Å². The average Bonchev–Trinajstić information content (AvgIpc) is 2.50. The molecule has 0 fully saturated rings. The van der Waals surface area contributed by atoms with E-state index in [1.54, 1.807) is 11.0 Å². The summed E-state index contributed by atoms with van der Waals surface area (Å²) in [5.41, 5.74) is 1.42. The predicted molar refractivity (Wildman–Crippen MR) is 85.5 cm³/mol. The molecule has 1 aromatic rings. The smallest absolute Gasteiger partial charge is 0.265 e. The maximum absolute atomic E-state index is 12.2. The summed E-state index contributed by atoms with van der Waals surface area (Å²) < 4.78 is 11.3. The standard InChI is InChI=1S/C17H25NO4/c1-4-7-21-15-9-13(10-19)8-14-17(15)22-11-16(20)18(14)6-5-12(2)3/h8-9,12,19H,4-7,10-11H2,1-3H3. The molecule has 22 heavy (non-hydrogen) atoms. The van der Waals surface area contributed by atoms with Gasteiger partial charge in [0.25, 0.3) is 5.91 Å². The van der Waals surface area contributed by atoms with Crippen molar-refractivity contribution in [3.63, 3.8) is 0 Å². The van der Waals surface area contributed by atoms with Crippen LogP contribution in [0, 0.1) is 5.92 Å². The van der Waals surface area contributed by atoms with Crippen molar-refractivity contribution in [2.45, 2.75) is 40.2 Å². The van der Waals surface area contributed by atoms with Gasteiger partial charge in [0.15, 0.2) is 18.1 Å². The highest BCUT2D eigenvalue weighted by molar-refractivity contribution is 5.98. The Labute approximate surface area is 131 Å². The Morgan fingerprint density at radius 1 is 1.41 bits per heavy atom. The van der Waals surface area contributed by atoms with Crippen molar-refractivity contribution in [2.75, 3.05) is 24.7 Å². The van der Waals surface area contributed by atoms with Crippen LogP contribution in [0.1, 0.15) is 39.2 Å². The SMILES string of the molecule is CCCOc1cc(CO)cc2c1OCC(=O)N2CCC(C)C. The number of anilines is 1. The van der Waals surface area contributed by atoms with Gasteiger partial charge in [0.05, 0.1) is 18.9 Å². The second-order valence-corrected chi connectivity index (χ2v) is 5.97. The van der Waals surface area contributed by atoms with Gasteiger partial charge in [-0.2, -0.15) is 0 Å². The first-order valence-corrected chi connectivity index (χ1v) is 7.90. The maximum atomic E-state index is 12.2. The van der Waals surface area contributed by atoms with Crippen LogP contribution in [0.3, 0.4) is 0 Å². The number of rotatable bonds is 7. The summed E-state index contributed by atoms with van der Waals surface area (Å²) in [5, 5.41) is 9.46. The van der Waals surface area contributed by atoms with Gasteiger partial charge in [0, 0.05) is 6.54 Å². The summed E-state index contributed by atoms with van der Waals surface area (Å²) >= 11 is 0. The van der Waals surface area contributed by atoms with Gasteiger partial charge in [-0.3, -0.25) is 4.79 Å². The fourth-order valence-corrected chi connectivity index (χ4v) is 2.38. The summed E-state index contributed by atoms with van der Waals surface area (Å²) in [4.78, 5) is 13.9. The number of nitrogens with zero attached hydrogens (tertiary/aromatic N) is 1. The van der Waals surface area contributed by atoms with Crippen molar-refractivity contribution < 1.29 is 19.4 Å². The van der Waals surface area contributed by atoms with Crippen molar-refractivity contribution in [1.29, 1.82) is 0 Å². The highest BCUT2D eigenvalue weighted by atomic mass is 16.5. The maximum Gasteiger partial charge on any atom is 0.265 e. The molecule has 0 unspecified atom stereocenters. The largest absolute Gasteiger partial charge is 0.490 e. The molecular formula is C17H25NO4. The third-order valence-corrected chi connectivity index (χ3v) is 3.60. The Bertz CT molecular complexity index is 528. The van der Waals surface area contributed by atoms with E-state index >= 15 is 0 Å². The molecule has 1 amide bonds. The number of hydrogen-bond acceptors (Lipinski definition) is 4. The highest BCUT2D eigenvalue weighted by Crippen LogP contribution is 2.42. The van der Waals surface area contributed by atoms with Crippen LogP contribution in [0.15, 0.2) is 12.1 Å². The summed E-state index contributed by atoms with van der Waals surface area (Å²) in [6.45, 7) is 7.45. The van der Waals surface area contributed by atoms with E-state index in [9.17, 15) is 9.90 Å². The molecule has 0 saturated carbocycles. The van der Waals surface area contributed by atoms with Gasteiger partial charge in [-0.25, -0.2) is 0 Å². The van der Waals surface area contributed by atoms with E-state index < -0.39 is 0 Å². The molecule has 0 saturated heterocycles. The van der Waals surface area contributed by atoms with Gasteiger partial charge in [-0.05, 0) is 36.5 Å². The number of carbonyl (C=O) groups is 1. The van der Waals surface area contributed by atoms with E-state index in [1.807, 2.05) is 13.0 Å². The van der Waals surface area contributed by atoms with Crippen molar-refractivity contribution >= 4 is 11.6 Å². The Morgan fingerprint density at radius 3 is 2.82 bits per heavy atom. The summed E-state index contributed by atoms with van der Waals surface area (Å²) in [6, 6.07) is 3.59. The first-order valence-electron chi connectivity index (χ1n) is 7.90. The third-order valence-electron chi connectivity index (χ3n) is 3.60. The lowest BCUT2D eigenvalue weighted by molar-refractivity contribution is -0.121. The van der Waals surface area contributed by atoms with Gasteiger partial charge in [0.2, 0.25) is 0 Å². The fraction of sp³-hybridized carbons (Fsp3) is 0.588. The van der Waals surface area contributed by atoms with Gasteiger partial charge in [-0.1, -0.05) is 20.8 Å². The molecular weight excluding hydrogens is 282 g/mol. The van der Waals surface area contributed by atoms with Gasteiger partial charge >= 0.3 is 0 Å². The normalized spacial score (nSPS) is 14.0. The molecule has 1 heterocycles. The lowest BCUT2D eigenvalue weighted by Gasteiger charge is -2.31. The van der Waals surface area contributed by atoms with Gasteiger partial charge < -0.3 is 19.5 Å². The molecule has 5 nitrogen and oxygen atoms in total. The molecule has 2 rings (SSSR count). The summed E-state index contributed by atoms with van der Waals surface area (Å²) in [6.07, 6.45) is 1.80.